The molecule has 1 saturated heterocycles. The van der Waals surface area contributed by atoms with Crippen LogP contribution in [-0.2, 0) is 4.79 Å². The lowest BCUT2D eigenvalue weighted by molar-refractivity contribution is -0.117. The Kier molecular flexibility index (Phi) is 4.88. The lowest BCUT2D eigenvalue weighted by Gasteiger charge is -2.25. The summed E-state index contributed by atoms with van der Waals surface area (Å²) < 4.78 is 0. The first-order valence-electron chi connectivity index (χ1n) is 8.10. The summed E-state index contributed by atoms with van der Waals surface area (Å²) in [5.74, 6) is 0.913. The van der Waals surface area contributed by atoms with Crippen LogP contribution in [0, 0.1) is 5.92 Å². The topological polar surface area (TPSA) is 44.4 Å². The van der Waals surface area contributed by atoms with Crippen LogP contribution < -0.4 is 10.6 Å². The van der Waals surface area contributed by atoms with Crippen molar-refractivity contribution in [3.63, 3.8) is 0 Å². The Bertz CT molecular complexity index is 452. The van der Waals surface area contributed by atoms with E-state index in [9.17, 15) is 4.79 Å². The Balaban J connectivity index is 1.51. The van der Waals surface area contributed by atoms with Gasteiger partial charge in [-0.2, -0.15) is 0 Å². The van der Waals surface area contributed by atoms with Gasteiger partial charge in [-0.05, 0) is 50.3 Å². The highest BCUT2D eigenvalue weighted by Crippen LogP contribution is 2.29. The summed E-state index contributed by atoms with van der Waals surface area (Å²) in [5, 5.41) is 6.52. The molecule has 1 aromatic carbocycles. The van der Waals surface area contributed by atoms with Gasteiger partial charge in [-0.3, -0.25) is 9.69 Å². The third kappa shape index (κ3) is 4.83. The van der Waals surface area contributed by atoms with Crippen molar-refractivity contribution in [2.24, 2.45) is 5.92 Å². The summed E-state index contributed by atoms with van der Waals surface area (Å²) in [6, 6.07) is 10.3. The van der Waals surface area contributed by atoms with Crippen molar-refractivity contribution in [1.82, 2.24) is 10.2 Å². The number of hydrogen-bond acceptors (Lipinski definition) is 3. The summed E-state index contributed by atoms with van der Waals surface area (Å²) in [6.45, 7) is 3.70. The standard InChI is InChI=1S/C17H25N3O/c21-17(19-15-5-2-1-3-6-15)13-20(11-14-8-9-14)12-16-7-4-10-18-16/h1-3,5-6,14,16,18H,4,7-13H2,(H,19,21). The molecule has 1 saturated carbocycles. The van der Waals surface area contributed by atoms with Gasteiger partial charge in [0.1, 0.15) is 0 Å². The second-order valence-electron chi connectivity index (χ2n) is 6.34. The highest BCUT2D eigenvalue weighted by atomic mass is 16.2. The van der Waals surface area contributed by atoms with E-state index >= 15 is 0 Å². The molecule has 3 rings (SSSR count). The zero-order chi connectivity index (χ0) is 14.5. The normalized spacial score (nSPS) is 21.7. The molecule has 1 aliphatic carbocycles. The number of para-hydroxylation sites is 1. The Morgan fingerprint density at radius 3 is 2.67 bits per heavy atom. The summed E-state index contributed by atoms with van der Waals surface area (Å²) in [5.41, 5.74) is 0.882. The second kappa shape index (κ2) is 7.05. The highest BCUT2D eigenvalue weighted by Gasteiger charge is 2.27. The lowest BCUT2D eigenvalue weighted by atomic mass is 10.2. The molecule has 1 unspecified atom stereocenters. The molecule has 0 radical (unpaired) electrons. The maximum atomic E-state index is 12.2. The predicted molar refractivity (Wildman–Crippen MR) is 85.3 cm³/mol. The third-order valence-electron chi connectivity index (χ3n) is 4.28. The molecule has 4 nitrogen and oxygen atoms in total. The fraction of sp³-hybridized carbons (Fsp3) is 0.588. The number of rotatable bonds is 7. The van der Waals surface area contributed by atoms with Crippen molar-refractivity contribution in [3.8, 4) is 0 Å². The lowest BCUT2D eigenvalue weighted by Crippen LogP contribution is -2.42. The van der Waals surface area contributed by atoms with Gasteiger partial charge in [-0.25, -0.2) is 0 Å². The predicted octanol–water partition coefficient (Wildman–Crippen LogP) is 2.09. The zero-order valence-electron chi connectivity index (χ0n) is 12.6. The van der Waals surface area contributed by atoms with Gasteiger partial charge >= 0.3 is 0 Å². The number of anilines is 1. The summed E-state index contributed by atoms with van der Waals surface area (Å²) in [4.78, 5) is 14.6. The fourth-order valence-corrected chi connectivity index (χ4v) is 3.02. The van der Waals surface area contributed by atoms with Crippen molar-refractivity contribution in [2.45, 2.75) is 31.7 Å². The van der Waals surface area contributed by atoms with Crippen LogP contribution in [0.5, 0.6) is 0 Å². The van der Waals surface area contributed by atoms with Gasteiger partial charge < -0.3 is 10.6 Å². The summed E-state index contributed by atoms with van der Waals surface area (Å²) in [6.07, 6.45) is 5.16. The number of amides is 1. The molecular weight excluding hydrogens is 262 g/mol. The van der Waals surface area contributed by atoms with Crippen molar-refractivity contribution < 1.29 is 4.79 Å². The van der Waals surface area contributed by atoms with Crippen LogP contribution in [-0.4, -0.2) is 43.0 Å². The molecule has 114 valence electrons. The van der Waals surface area contributed by atoms with E-state index in [-0.39, 0.29) is 5.91 Å². The molecule has 0 aromatic heterocycles. The van der Waals surface area contributed by atoms with Crippen LogP contribution in [0.3, 0.4) is 0 Å². The van der Waals surface area contributed by atoms with Gasteiger partial charge in [0.05, 0.1) is 6.54 Å². The average molecular weight is 287 g/mol. The van der Waals surface area contributed by atoms with E-state index in [0.717, 1.165) is 31.2 Å². The smallest absolute Gasteiger partial charge is 0.238 e. The van der Waals surface area contributed by atoms with Crippen LogP contribution in [0.2, 0.25) is 0 Å². The minimum Gasteiger partial charge on any atom is -0.325 e. The van der Waals surface area contributed by atoms with Gasteiger partial charge in [0, 0.05) is 24.8 Å². The Morgan fingerprint density at radius 2 is 2.00 bits per heavy atom. The number of nitrogens with one attached hydrogen (secondary N) is 2. The first-order valence-corrected chi connectivity index (χ1v) is 8.10. The van der Waals surface area contributed by atoms with Crippen LogP contribution in [0.15, 0.2) is 30.3 Å². The van der Waals surface area contributed by atoms with Crippen LogP contribution in [0.1, 0.15) is 25.7 Å². The van der Waals surface area contributed by atoms with Crippen molar-refractivity contribution >= 4 is 11.6 Å². The van der Waals surface area contributed by atoms with Crippen molar-refractivity contribution in [2.75, 3.05) is 31.5 Å². The Labute approximate surface area is 126 Å². The molecule has 2 N–H and O–H groups in total. The monoisotopic (exact) mass is 287 g/mol. The molecule has 1 aromatic rings. The molecule has 2 fully saturated rings. The van der Waals surface area contributed by atoms with E-state index in [1.807, 2.05) is 30.3 Å². The van der Waals surface area contributed by atoms with Crippen LogP contribution >= 0.6 is 0 Å². The molecule has 0 bridgehead atoms. The van der Waals surface area contributed by atoms with E-state index in [1.165, 1.54) is 25.7 Å². The minimum atomic E-state index is 0.0971. The van der Waals surface area contributed by atoms with Crippen LogP contribution in [0.4, 0.5) is 5.69 Å². The molecule has 2 aliphatic rings. The van der Waals surface area contributed by atoms with E-state index in [4.69, 9.17) is 0 Å². The third-order valence-corrected chi connectivity index (χ3v) is 4.28. The van der Waals surface area contributed by atoms with Gasteiger partial charge in [-0.1, -0.05) is 18.2 Å². The summed E-state index contributed by atoms with van der Waals surface area (Å²) in [7, 11) is 0. The Hall–Kier alpha value is -1.39. The maximum Gasteiger partial charge on any atom is 0.238 e. The van der Waals surface area contributed by atoms with E-state index in [2.05, 4.69) is 15.5 Å². The average Bonchev–Trinajstić information content (AvgIpc) is 3.13. The molecule has 4 heteroatoms. The molecule has 21 heavy (non-hydrogen) atoms. The van der Waals surface area contributed by atoms with E-state index in [1.54, 1.807) is 0 Å². The first-order chi connectivity index (χ1) is 10.3. The molecule has 1 aliphatic heterocycles. The number of carbonyl (C=O) groups excluding carboxylic acids is 1. The number of benzene rings is 1. The maximum absolute atomic E-state index is 12.2. The summed E-state index contributed by atoms with van der Waals surface area (Å²) >= 11 is 0. The molecular formula is C17H25N3O. The minimum absolute atomic E-state index is 0.0971. The van der Waals surface area contributed by atoms with E-state index < -0.39 is 0 Å². The van der Waals surface area contributed by atoms with Crippen LogP contribution in [0.25, 0.3) is 0 Å². The largest absolute Gasteiger partial charge is 0.325 e. The fourth-order valence-electron chi connectivity index (χ4n) is 3.02. The van der Waals surface area contributed by atoms with Gasteiger partial charge in [0.25, 0.3) is 0 Å². The van der Waals surface area contributed by atoms with Crippen molar-refractivity contribution in [3.05, 3.63) is 30.3 Å². The number of hydrogen-bond donors (Lipinski definition) is 2. The second-order valence-corrected chi connectivity index (χ2v) is 6.34. The van der Waals surface area contributed by atoms with Gasteiger partial charge in [0.2, 0.25) is 5.91 Å². The molecule has 1 heterocycles. The molecule has 1 atom stereocenters. The first kappa shape index (κ1) is 14.5. The Morgan fingerprint density at radius 1 is 1.19 bits per heavy atom. The number of nitrogens with zero attached hydrogens (tertiary/aromatic N) is 1. The SMILES string of the molecule is O=C(CN(CC1CC1)CC1CCCN1)Nc1ccccc1. The molecule has 0 spiro atoms. The highest BCUT2D eigenvalue weighted by molar-refractivity contribution is 5.92. The zero-order valence-corrected chi connectivity index (χ0v) is 12.6. The van der Waals surface area contributed by atoms with Gasteiger partial charge in [0.15, 0.2) is 0 Å². The van der Waals surface area contributed by atoms with Crippen molar-refractivity contribution in [1.29, 1.82) is 0 Å². The quantitative estimate of drug-likeness (QED) is 0.807. The molecule has 1 amide bonds. The van der Waals surface area contributed by atoms with Gasteiger partial charge in [-0.15, -0.1) is 0 Å². The number of carbonyl (C=O) groups is 1. The van der Waals surface area contributed by atoms with E-state index in [0.29, 0.717) is 12.6 Å².